The summed E-state index contributed by atoms with van der Waals surface area (Å²) in [7, 11) is 1.83. The molecule has 0 radical (unpaired) electrons. The zero-order chi connectivity index (χ0) is 11.5. The third-order valence-electron chi connectivity index (χ3n) is 2.83. The van der Waals surface area contributed by atoms with E-state index in [0.717, 1.165) is 12.3 Å². The van der Waals surface area contributed by atoms with Gasteiger partial charge in [-0.25, -0.2) is 0 Å². The van der Waals surface area contributed by atoms with E-state index in [0.29, 0.717) is 17.3 Å². The van der Waals surface area contributed by atoms with E-state index in [9.17, 15) is 4.79 Å². The van der Waals surface area contributed by atoms with Crippen LogP contribution in [0.15, 0.2) is 12.3 Å². The van der Waals surface area contributed by atoms with Crippen LogP contribution in [-0.4, -0.2) is 28.5 Å². The van der Waals surface area contributed by atoms with Gasteiger partial charge in [-0.3, -0.25) is 4.79 Å². The van der Waals surface area contributed by atoms with Crippen molar-refractivity contribution in [1.82, 2.24) is 9.88 Å². The monoisotopic (exact) mass is 239 g/mol. The molecule has 0 bridgehead atoms. The summed E-state index contributed by atoms with van der Waals surface area (Å²) in [6.07, 6.45) is 2.96. The smallest absolute Gasteiger partial charge is 0.267 e. The maximum atomic E-state index is 11.8. The van der Waals surface area contributed by atoms with E-state index in [1.54, 1.807) is 16.8 Å². The highest BCUT2D eigenvalue weighted by molar-refractivity contribution is 7.99. The SMILES string of the molecule is Cn1cc(N)cc1C(=O)NCC1CCSC1. The molecule has 1 saturated heterocycles. The molecule has 1 amide bonds. The Hall–Kier alpha value is -1.10. The fourth-order valence-electron chi connectivity index (χ4n) is 1.89. The van der Waals surface area contributed by atoms with Crippen molar-refractivity contribution in [3.8, 4) is 0 Å². The number of carbonyl (C=O) groups excluding carboxylic acids is 1. The van der Waals surface area contributed by atoms with Gasteiger partial charge in [0.05, 0.1) is 5.69 Å². The second-order valence-electron chi connectivity index (χ2n) is 4.21. The van der Waals surface area contributed by atoms with E-state index < -0.39 is 0 Å². The quantitative estimate of drug-likeness (QED) is 0.830. The summed E-state index contributed by atoms with van der Waals surface area (Å²) < 4.78 is 1.76. The van der Waals surface area contributed by atoms with Crippen molar-refractivity contribution in [3.63, 3.8) is 0 Å². The number of nitrogens with two attached hydrogens (primary N) is 1. The van der Waals surface area contributed by atoms with E-state index in [-0.39, 0.29) is 5.91 Å². The first kappa shape index (κ1) is 11.4. The highest BCUT2D eigenvalue weighted by Gasteiger charge is 2.17. The number of aromatic nitrogens is 1. The van der Waals surface area contributed by atoms with Gasteiger partial charge in [0.25, 0.3) is 5.91 Å². The molecule has 0 aromatic carbocycles. The summed E-state index contributed by atoms with van der Waals surface area (Å²) in [6.45, 7) is 0.775. The van der Waals surface area contributed by atoms with Crippen LogP contribution in [0.25, 0.3) is 0 Å². The zero-order valence-electron chi connectivity index (χ0n) is 9.40. The molecule has 1 aromatic heterocycles. The van der Waals surface area contributed by atoms with Crippen molar-refractivity contribution in [2.75, 3.05) is 23.8 Å². The van der Waals surface area contributed by atoms with Gasteiger partial charge in [-0.15, -0.1) is 0 Å². The highest BCUT2D eigenvalue weighted by atomic mass is 32.2. The molecular formula is C11H17N3OS. The molecule has 5 heteroatoms. The molecular weight excluding hydrogens is 222 g/mol. The van der Waals surface area contributed by atoms with Crippen LogP contribution in [0.4, 0.5) is 5.69 Å². The molecule has 1 fully saturated rings. The molecule has 1 unspecified atom stereocenters. The topological polar surface area (TPSA) is 60.0 Å². The van der Waals surface area contributed by atoms with Crippen LogP contribution >= 0.6 is 11.8 Å². The molecule has 2 heterocycles. The first-order chi connectivity index (χ1) is 7.66. The number of anilines is 1. The molecule has 2 rings (SSSR count). The van der Waals surface area contributed by atoms with Crippen LogP contribution in [0.5, 0.6) is 0 Å². The molecule has 1 aliphatic rings. The molecule has 1 atom stereocenters. The predicted octanol–water partition coefficient (Wildman–Crippen LogP) is 1.09. The minimum Gasteiger partial charge on any atom is -0.397 e. The zero-order valence-corrected chi connectivity index (χ0v) is 10.2. The largest absolute Gasteiger partial charge is 0.397 e. The third kappa shape index (κ3) is 2.52. The molecule has 0 spiro atoms. The lowest BCUT2D eigenvalue weighted by Gasteiger charge is -2.10. The minimum absolute atomic E-state index is 0.0314. The number of hydrogen-bond acceptors (Lipinski definition) is 3. The summed E-state index contributed by atoms with van der Waals surface area (Å²) in [6, 6.07) is 1.71. The average molecular weight is 239 g/mol. The van der Waals surface area contributed by atoms with E-state index in [1.807, 2.05) is 18.8 Å². The molecule has 1 aromatic rings. The Morgan fingerprint density at radius 1 is 1.75 bits per heavy atom. The number of nitrogen functional groups attached to an aromatic ring is 1. The summed E-state index contributed by atoms with van der Waals surface area (Å²) in [5, 5.41) is 2.97. The van der Waals surface area contributed by atoms with Gasteiger partial charge in [0, 0.05) is 19.8 Å². The number of nitrogens with one attached hydrogen (secondary N) is 1. The van der Waals surface area contributed by atoms with Gasteiger partial charge in [0.2, 0.25) is 0 Å². The van der Waals surface area contributed by atoms with Gasteiger partial charge in [-0.2, -0.15) is 11.8 Å². The number of nitrogens with zero attached hydrogens (tertiary/aromatic N) is 1. The van der Waals surface area contributed by atoms with Crippen LogP contribution in [0.2, 0.25) is 0 Å². The normalized spacial score (nSPS) is 19.9. The number of amides is 1. The fraction of sp³-hybridized carbons (Fsp3) is 0.545. The summed E-state index contributed by atoms with van der Waals surface area (Å²) >= 11 is 1.96. The number of carbonyl (C=O) groups is 1. The number of rotatable bonds is 3. The molecule has 0 aliphatic carbocycles. The lowest BCUT2D eigenvalue weighted by molar-refractivity contribution is 0.0940. The van der Waals surface area contributed by atoms with Gasteiger partial charge in [0.15, 0.2) is 0 Å². The summed E-state index contributed by atoms with van der Waals surface area (Å²) in [5.41, 5.74) is 6.89. The first-order valence-corrected chi connectivity index (χ1v) is 6.60. The Balaban J connectivity index is 1.90. The van der Waals surface area contributed by atoms with Crippen molar-refractivity contribution < 1.29 is 4.79 Å². The van der Waals surface area contributed by atoms with E-state index in [2.05, 4.69) is 5.32 Å². The standard InChI is InChI=1S/C11H17N3OS/c1-14-6-9(12)4-10(14)11(15)13-5-8-2-3-16-7-8/h4,6,8H,2-3,5,7,12H2,1H3,(H,13,15). The van der Waals surface area contributed by atoms with Gasteiger partial charge < -0.3 is 15.6 Å². The first-order valence-electron chi connectivity index (χ1n) is 5.44. The number of hydrogen-bond donors (Lipinski definition) is 2. The lowest BCUT2D eigenvalue weighted by Crippen LogP contribution is -2.30. The van der Waals surface area contributed by atoms with Crippen LogP contribution in [0, 0.1) is 5.92 Å². The average Bonchev–Trinajstić information content (AvgIpc) is 2.84. The Bertz CT molecular complexity index is 383. The van der Waals surface area contributed by atoms with E-state index in [1.165, 1.54) is 12.2 Å². The van der Waals surface area contributed by atoms with Crippen molar-refractivity contribution in [1.29, 1.82) is 0 Å². The van der Waals surface area contributed by atoms with Crippen LogP contribution < -0.4 is 11.1 Å². The number of aryl methyl sites for hydroxylation is 1. The van der Waals surface area contributed by atoms with Crippen molar-refractivity contribution in [2.45, 2.75) is 6.42 Å². The maximum absolute atomic E-state index is 11.8. The fourth-order valence-corrected chi connectivity index (χ4v) is 3.17. The Labute approximate surface area is 99.6 Å². The molecule has 0 saturated carbocycles. The Morgan fingerprint density at radius 3 is 3.12 bits per heavy atom. The lowest BCUT2D eigenvalue weighted by atomic mass is 10.1. The Kier molecular flexibility index (Phi) is 3.43. The third-order valence-corrected chi connectivity index (χ3v) is 4.07. The van der Waals surface area contributed by atoms with Crippen LogP contribution in [-0.2, 0) is 7.05 Å². The van der Waals surface area contributed by atoms with Gasteiger partial charge >= 0.3 is 0 Å². The van der Waals surface area contributed by atoms with Crippen molar-refractivity contribution in [2.24, 2.45) is 13.0 Å². The predicted molar refractivity (Wildman–Crippen MR) is 67.6 cm³/mol. The molecule has 16 heavy (non-hydrogen) atoms. The number of thioether (sulfide) groups is 1. The second kappa shape index (κ2) is 4.82. The highest BCUT2D eigenvalue weighted by Crippen LogP contribution is 2.22. The summed E-state index contributed by atoms with van der Waals surface area (Å²) in [5.74, 6) is 2.98. The minimum atomic E-state index is -0.0314. The Morgan fingerprint density at radius 2 is 2.56 bits per heavy atom. The van der Waals surface area contributed by atoms with Crippen LogP contribution in [0.1, 0.15) is 16.9 Å². The van der Waals surface area contributed by atoms with E-state index >= 15 is 0 Å². The van der Waals surface area contributed by atoms with Crippen LogP contribution in [0.3, 0.4) is 0 Å². The van der Waals surface area contributed by atoms with Crippen molar-refractivity contribution in [3.05, 3.63) is 18.0 Å². The maximum Gasteiger partial charge on any atom is 0.267 e. The summed E-state index contributed by atoms with van der Waals surface area (Å²) in [4.78, 5) is 11.8. The van der Waals surface area contributed by atoms with Gasteiger partial charge in [-0.05, 0) is 29.9 Å². The van der Waals surface area contributed by atoms with Gasteiger partial charge in [0.1, 0.15) is 5.69 Å². The second-order valence-corrected chi connectivity index (χ2v) is 5.36. The van der Waals surface area contributed by atoms with Gasteiger partial charge in [-0.1, -0.05) is 0 Å². The molecule has 1 aliphatic heterocycles. The molecule has 4 nitrogen and oxygen atoms in total. The molecule has 3 N–H and O–H groups in total. The van der Waals surface area contributed by atoms with Crippen molar-refractivity contribution >= 4 is 23.4 Å². The van der Waals surface area contributed by atoms with E-state index in [4.69, 9.17) is 5.73 Å². The molecule has 88 valence electrons.